The molecule has 0 aliphatic carbocycles. The number of fused-ring (bicyclic) bond motifs is 3. The molecule has 0 radical (unpaired) electrons. The Morgan fingerprint density at radius 3 is 2.92 bits per heavy atom. The molecule has 1 amide bonds. The van der Waals surface area contributed by atoms with Gasteiger partial charge in [0.15, 0.2) is 0 Å². The van der Waals surface area contributed by atoms with E-state index in [1.54, 1.807) is 16.6 Å². The van der Waals surface area contributed by atoms with Gasteiger partial charge in [-0.1, -0.05) is 12.1 Å². The Kier molecular flexibility index (Phi) is 4.29. The topological polar surface area (TPSA) is 82.5 Å². The summed E-state index contributed by atoms with van der Waals surface area (Å²) < 4.78 is 1.62. The van der Waals surface area contributed by atoms with E-state index >= 15 is 0 Å². The van der Waals surface area contributed by atoms with Crippen LogP contribution in [-0.4, -0.2) is 51.1 Å². The van der Waals surface area contributed by atoms with E-state index in [0.29, 0.717) is 28.7 Å². The summed E-state index contributed by atoms with van der Waals surface area (Å²) in [5.74, 6) is -0.0973. The van der Waals surface area contributed by atoms with Crippen LogP contribution in [0.2, 0.25) is 0 Å². The lowest BCUT2D eigenvalue weighted by Crippen LogP contribution is -2.52. The molecule has 126 valence electrons. The van der Waals surface area contributed by atoms with Gasteiger partial charge in [0.05, 0.1) is 17.1 Å². The zero-order valence-electron chi connectivity index (χ0n) is 13.2. The molecule has 0 saturated carbocycles. The molecule has 0 bridgehead atoms. The first-order chi connectivity index (χ1) is 11.2. The fourth-order valence-electron chi connectivity index (χ4n) is 3.13. The Labute approximate surface area is 144 Å². The molecule has 3 aromatic rings. The zero-order valence-corrected chi connectivity index (χ0v) is 14.0. The van der Waals surface area contributed by atoms with Gasteiger partial charge in [0.1, 0.15) is 11.2 Å². The van der Waals surface area contributed by atoms with Crippen molar-refractivity contribution in [2.45, 2.75) is 13.0 Å². The second kappa shape index (κ2) is 6.26. The average molecular weight is 348 g/mol. The predicted molar refractivity (Wildman–Crippen MR) is 93.9 cm³/mol. The molecule has 7 nitrogen and oxygen atoms in total. The zero-order chi connectivity index (χ0) is 16.0. The van der Waals surface area contributed by atoms with E-state index in [0.717, 1.165) is 13.1 Å². The Hall–Kier alpha value is -2.38. The van der Waals surface area contributed by atoms with Crippen molar-refractivity contribution in [3.8, 4) is 0 Å². The molecule has 2 aromatic heterocycles. The molecule has 1 saturated heterocycles. The van der Waals surface area contributed by atoms with E-state index in [2.05, 4.69) is 15.4 Å². The van der Waals surface area contributed by atoms with E-state index < -0.39 is 0 Å². The first-order valence-electron chi connectivity index (χ1n) is 7.67. The van der Waals surface area contributed by atoms with Gasteiger partial charge in [0, 0.05) is 25.7 Å². The highest BCUT2D eigenvalue weighted by atomic mass is 35.5. The Morgan fingerprint density at radius 1 is 1.33 bits per heavy atom. The van der Waals surface area contributed by atoms with Gasteiger partial charge in [-0.25, -0.2) is 4.52 Å². The van der Waals surface area contributed by atoms with Gasteiger partial charge in [-0.3, -0.25) is 9.59 Å². The predicted octanol–water partition coefficient (Wildman–Crippen LogP) is 1.03. The summed E-state index contributed by atoms with van der Waals surface area (Å²) in [7, 11) is 0. The second-order valence-corrected chi connectivity index (χ2v) is 5.84. The van der Waals surface area contributed by atoms with Gasteiger partial charge < -0.3 is 15.2 Å². The van der Waals surface area contributed by atoms with Gasteiger partial charge in [-0.15, -0.1) is 12.4 Å². The maximum absolute atomic E-state index is 12.9. The smallest absolute Gasteiger partial charge is 0.259 e. The number of hydrogen-bond donors (Lipinski definition) is 2. The minimum absolute atomic E-state index is 0. The van der Waals surface area contributed by atoms with Crippen LogP contribution in [-0.2, 0) is 0 Å². The largest absolute Gasteiger partial charge is 0.333 e. The summed E-state index contributed by atoms with van der Waals surface area (Å²) in [5.41, 5.74) is 1.36. The fourth-order valence-corrected chi connectivity index (χ4v) is 3.13. The lowest BCUT2D eigenvalue weighted by atomic mass is 10.1. The number of aromatic nitrogens is 3. The number of amides is 1. The molecule has 24 heavy (non-hydrogen) atoms. The number of para-hydroxylation sites is 1. The van der Waals surface area contributed by atoms with Crippen LogP contribution in [0.5, 0.6) is 0 Å². The highest BCUT2D eigenvalue weighted by Crippen LogP contribution is 2.17. The third-order valence-corrected chi connectivity index (χ3v) is 4.37. The summed E-state index contributed by atoms with van der Waals surface area (Å²) in [6.07, 6.45) is 1.54. The second-order valence-electron chi connectivity index (χ2n) is 5.84. The lowest BCUT2D eigenvalue weighted by Gasteiger charge is -2.33. The number of halogens is 1. The molecular weight excluding hydrogens is 330 g/mol. The number of H-pyrrole nitrogens is 1. The molecule has 1 fully saturated rings. The molecule has 1 aromatic carbocycles. The van der Waals surface area contributed by atoms with Crippen LogP contribution in [0.25, 0.3) is 16.6 Å². The molecule has 3 heterocycles. The van der Waals surface area contributed by atoms with Crippen molar-refractivity contribution in [3.63, 3.8) is 0 Å². The molecule has 8 heteroatoms. The van der Waals surface area contributed by atoms with Crippen molar-refractivity contribution < 1.29 is 4.79 Å². The minimum atomic E-state index is -0.212. The van der Waals surface area contributed by atoms with E-state index in [9.17, 15) is 9.59 Å². The quantitative estimate of drug-likeness (QED) is 0.689. The van der Waals surface area contributed by atoms with Crippen molar-refractivity contribution in [1.82, 2.24) is 24.8 Å². The highest BCUT2D eigenvalue weighted by Gasteiger charge is 2.27. The number of piperazine rings is 1. The molecule has 1 aliphatic rings. The van der Waals surface area contributed by atoms with Crippen molar-refractivity contribution in [2.75, 3.05) is 19.6 Å². The SMILES string of the molecule is C[C@@H]1CNCCN1C(=O)c1cnn2c1[nH]c(=O)c1ccccc12.Cl. The Balaban J connectivity index is 0.00000169. The van der Waals surface area contributed by atoms with Gasteiger partial charge in [0.25, 0.3) is 11.5 Å². The number of hydrogen-bond acceptors (Lipinski definition) is 4. The molecule has 1 atom stereocenters. The molecule has 2 N–H and O–H groups in total. The van der Waals surface area contributed by atoms with Gasteiger partial charge >= 0.3 is 0 Å². The van der Waals surface area contributed by atoms with Crippen molar-refractivity contribution in [3.05, 3.63) is 46.4 Å². The monoisotopic (exact) mass is 347 g/mol. The van der Waals surface area contributed by atoms with Gasteiger partial charge in [-0.2, -0.15) is 5.10 Å². The number of nitrogens with zero attached hydrogens (tertiary/aromatic N) is 3. The summed E-state index contributed by atoms with van der Waals surface area (Å²) in [6, 6.07) is 7.34. The van der Waals surface area contributed by atoms with Crippen LogP contribution in [0.3, 0.4) is 0 Å². The first-order valence-corrected chi connectivity index (χ1v) is 7.67. The number of rotatable bonds is 1. The highest BCUT2D eigenvalue weighted by molar-refractivity contribution is 6.00. The van der Waals surface area contributed by atoms with Crippen molar-refractivity contribution >= 4 is 34.9 Å². The Bertz CT molecular complexity index is 964. The van der Waals surface area contributed by atoms with Crippen LogP contribution >= 0.6 is 12.4 Å². The molecular formula is C16H18ClN5O2. The number of aromatic amines is 1. The van der Waals surface area contributed by atoms with Crippen molar-refractivity contribution in [2.24, 2.45) is 0 Å². The fraction of sp³-hybridized carbons (Fsp3) is 0.312. The maximum atomic E-state index is 12.9. The lowest BCUT2D eigenvalue weighted by molar-refractivity contribution is 0.0657. The van der Waals surface area contributed by atoms with Crippen LogP contribution in [0, 0.1) is 0 Å². The minimum Gasteiger partial charge on any atom is -0.333 e. The van der Waals surface area contributed by atoms with E-state index in [1.165, 1.54) is 6.20 Å². The van der Waals surface area contributed by atoms with Crippen molar-refractivity contribution in [1.29, 1.82) is 0 Å². The molecule has 4 rings (SSSR count). The van der Waals surface area contributed by atoms with Crippen LogP contribution < -0.4 is 10.9 Å². The standard InChI is InChI=1S/C16H17N5O2.ClH/c1-10-8-17-6-7-20(10)16(23)12-9-18-21-13-5-3-2-4-11(13)15(22)19-14(12)21;/h2-5,9-10,17H,6-8H2,1H3,(H,19,22);1H/t10-;/m1./s1. The number of carbonyl (C=O) groups is 1. The van der Waals surface area contributed by atoms with Gasteiger partial charge in [-0.05, 0) is 19.1 Å². The summed E-state index contributed by atoms with van der Waals surface area (Å²) in [5, 5.41) is 8.13. The van der Waals surface area contributed by atoms with E-state index in [1.807, 2.05) is 24.0 Å². The normalized spacial score (nSPS) is 17.9. The average Bonchev–Trinajstić information content (AvgIpc) is 2.99. The maximum Gasteiger partial charge on any atom is 0.259 e. The van der Waals surface area contributed by atoms with Crippen LogP contribution in [0.15, 0.2) is 35.3 Å². The Morgan fingerprint density at radius 2 is 2.12 bits per heavy atom. The van der Waals surface area contributed by atoms with Gasteiger partial charge in [0.2, 0.25) is 0 Å². The number of carbonyl (C=O) groups excluding carboxylic acids is 1. The third-order valence-electron chi connectivity index (χ3n) is 4.37. The molecule has 1 aliphatic heterocycles. The van der Waals surface area contributed by atoms with Crippen LogP contribution in [0.4, 0.5) is 0 Å². The first kappa shape index (κ1) is 16.5. The number of benzene rings is 1. The number of nitrogens with one attached hydrogen (secondary N) is 2. The summed E-state index contributed by atoms with van der Waals surface area (Å²) in [4.78, 5) is 29.7. The van der Waals surface area contributed by atoms with E-state index in [4.69, 9.17) is 0 Å². The summed E-state index contributed by atoms with van der Waals surface area (Å²) >= 11 is 0. The molecule has 0 unspecified atom stereocenters. The third kappa shape index (κ3) is 2.46. The molecule has 0 spiro atoms. The summed E-state index contributed by atoms with van der Waals surface area (Å²) in [6.45, 7) is 4.20. The van der Waals surface area contributed by atoms with E-state index in [-0.39, 0.29) is 29.9 Å². The van der Waals surface area contributed by atoms with Crippen LogP contribution in [0.1, 0.15) is 17.3 Å².